The standard InChI is InChI=1S/C22H25N3O2/c26-21(20-13-19(20)18-8-5-9-23-15-18)24-14-16-6-4-7-17(12-16)22(27)25-10-2-1-3-11-25/h4-9,12,15,19-20H,1-3,10-11,13-14H2,(H,24,26)/t19-,20-/m0/s1. The molecule has 2 aliphatic rings. The molecule has 27 heavy (non-hydrogen) atoms. The van der Waals surface area contributed by atoms with Crippen molar-refractivity contribution in [1.82, 2.24) is 15.2 Å². The van der Waals surface area contributed by atoms with E-state index in [4.69, 9.17) is 0 Å². The Morgan fingerprint density at radius 2 is 1.96 bits per heavy atom. The summed E-state index contributed by atoms with van der Waals surface area (Å²) >= 11 is 0. The lowest BCUT2D eigenvalue weighted by Gasteiger charge is -2.26. The Bertz CT molecular complexity index is 815. The molecule has 1 aromatic carbocycles. The van der Waals surface area contributed by atoms with E-state index in [2.05, 4.69) is 10.3 Å². The molecule has 2 heterocycles. The smallest absolute Gasteiger partial charge is 0.253 e. The molecule has 1 saturated heterocycles. The zero-order valence-electron chi connectivity index (χ0n) is 15.4. The van der Waals surface area contributed by atoms with Gasteiger partial charge >= 0.3 is 0 Å². The average molecular weight is 363 g/mol. The van der Waals surface area contributed by atoms with Gasteiger partial charge in [0.05, 0.1) is 0 Å². The van der Waals surface area contributed by atoms with Gasteiger partial charge in [-0.3, -0.25) is 14.6 Å². The molecule has 5 nitrogen and oxygen atoms in total. The third kappa shape index (κ3) is 4.18. The highest BCUT2D eigenvalue weighted by atomic mass is 16.2. The highest BCUT2D eigenvalue weighted by Crippen LogP contribution is 2.47. The maximum atomic E-state index is 12.6. The number of carbonyl (C=O) groups is 2. The van der Waals surface area contributed by atoms with Crippen LogP contribution in [0.4, 0.5) is 0 Å². The Morgan fingerprint density at radius 1 is 1.11 bits per heavy atom. The molecule has 140 valence electrons. The molecule has 0 spiro atoms. The summed E-state index contributed by atoms with van der Waals surface area (Å²) in [6.07, 6.45) is 7.84. The minimum Gasteiger partial charge on any atom is -0.352 e. The zero-order valence-corrected chi connectivity index (χ0v) is 15.4. The molecule has 1 aromatic heterocycles. The van der Waals surface area contributed by atoms with Gasteiger partial charge in [0, 0.05) is 43.5 Å². The monoisotopic (exact) mass is 363 g/mol. The second kappa shape index (κ2) is 7.91. The van der Waals surface area contributed by atoms with Gasteiger partial charge in [-0.05, 0) is 60.9 Å². The van der Waals surface area contributed by atoms with Crippen molar-refractivity contribution in [3.8, 4) is 0 Å². The Hall–Kier alpha value is -2.69. The van der Waals surface area contributed by atoms with Gasteiger partial charge in [0.2, 0.25) is 5.91 Å². The molecule has 0 radical (unpaired) electrons. The summed E-state index contributed by atoms with van der Waals surface area (Å²) < 4.78 is 0. The summed E-state index contributed by atoms with van der Waals surface area (Å²) in [7, 11) is 0. The molecule has 2 fully saturated rings. The van der Waals surface area contributed by atoms with Crippen LogP contribution < -0.4 is 5.32 Å². The van der Waals surface area contributed by atoms with Crippen LogP contribution in [0, 0.1) is 5.92 Å². The second-order valence-corrected chi connectivity index (χ2v) is 7.51. The molecule has 1 saturated carbocycles. The molecular weight excluding hydrogens is 338 g/mol. The third-order valence-electron chi connectivity index (χ3n) is 5.52. The van der Waals surface area contributed by atoms with Gasteiger partial charge in [-0.25, -0.2) is 0 Å². The Kier molecular flexibility index (Phi) is 5.19. The van der Waals surface area contributed by atoms with E-state index in [-0.39, 0.29) is 23.7 Å². The van der Waals surface area contributed by atoms with Crippen LogP contribution in [0.25, 0.3) is 0 Å². The van der Waals surface area contributed by atoms with Crippen LogP contribution in [0.5, 0.6) is 0 Å². The van der Waals surface area contributed by atoms with Crippen molar-refractivity contribution in [1.29, 1.82) is 0 Å². The summed E-state index contributed by atoms with van der Waals surface area (Å²) in [4.78, 5) is 31.1. The summed E-state index contributed by atoms with van der Waals surface area (Å²) in [5, 5.41) is 3.02. The fraction of sp³-hybridized carbons (Fsp3) is 0.409. The Morgan fingerprint density at radius 3 is 2.74 bits per heavy atom. The highest BCUT2D eigenvalue weighted by molar-refractivity contribution is 5.94. The topological polar surface area (TPSA) is 62.3 Å². The molecule has 4 rings (SSSR count). The van der Waals surface area contributed by atoms with Gasteiger partial charge in [0.1, 0.15) is 0 Å². The zero-order chi connectivity index (χ0) is 18.6. The van der Waals surface area contributed by atoms with E-state index in [9.17, 15) is 9.59 Å². The highest BCUT2D eigenvalue weighted by Gasteiger charge is 2.43. The number of piperidine rings is 1. The predicted octanol–water partition coefficient (Wildman–Crippen LogP) is 3.13. The first kappa shape index (κ1) is 17.7. The van der Waals surface area contributed by atoms with Crippen LogP contribution in [0.2, 0.25) is 0 Å². The molecule has 0 unspecified atom stereocenters. The molecule has 2 aromatic rings. The van der Waals surface area contributed by atoms with E-state index in [1.54, 1.807) is 6.20 Å². The summed E-state index contributed by atoms with van der Waals surface area (Å²) in [5.74, 6) is 0.497. The number of carbonyl (C=O) groups excluding carboxylic acids is 2. The maximum absolute atomic E-state index is 12.6. The van der Waals surface area contributed by atoms with Crippen molar-refractivity contribution in [2.24, 2.45) is 5.92 Å². The van der Waals surface area contributed by atoms with Crippen molar-refractivity contribution in [3.63, 3.8) is 0 Å². The van der Waals surface area contributed by atoms with Crippen LogP contribution in [0.3, 0.4) is 0 Å². The molecule has 0 bridgehead atoms. The van der Waals surface area contributed by atoms with Crippen molar-refractivity contribution in [2.45, 2.75) is 38.1 Å². The molecule has 5 heteroatoms. The van der Waals surface area contributed by atoms with E-state index >= 15 is 0 Å². The number of hydrogen-bond acceptors (Lipinski definition) is 3. The fourth-order valence-corrected chi connectivity index (χ4v) is 3.86. The van der Waals surface area contributed by atoms with Crippen LogP contribution in [0.15, 0.2) is 48.8 Å². The van der Waals surface area contributed by atoms with E-state index in [1.165, 1.54) is 6.42 Å². The normalized spacial score (nSPS) is 21.6. The summed E-state index contributed by atoms with van der Waals surface area (Å²) in [6, 6.07) is 11.6. The first-order valence-corrected chi connectivity index (χ1v) is 9.78. The number of hydrogen-bond donors (Lipinski definition) is 1. The molecule has 1 aliphatic heterocycles. The molecule has 2 atom stereocenters. The van der Waals surface area contributed by atoms with Gasteiger partial charge < -0.3 is 10.2 Å². The van der Waals surface area contributed by atoms with Gasteiger partial charge in [-0.15, -0.1) is 0 Å². The third-order valence-corrected chi connectivity index (χ3v) is 5.52. The Balaban J connectivity index is 1.32. The average Bonchev–Trinajstić information content (AvgIpc) is 3.54. The largest absolute Gasteiger partial charge is 0.352 e. The van der Waals surface area contributed by atoms with Crippen molar-refractivity contribution in [3.05, 3.63) is 65.5 Å². The quantitative estimate of drug-likeness (QED) is 0.888. The lowest BCUT2D eigenvalue weighted by molar-refractivity contribution is -0.122. The molecular formula is C22H25N3O2. The number of nitrogens with one attached hydrogen (secondary N) is 1. The number of benzene rings is 1. The lowest BCUT2D eigenvalue weighted by atomic mass is 10.1. The molecule has 1 N–H and O–H groups in total. The van der Waals surface area contributed by atoms with E-state index in [0.29, 0.717) is 12.1 Å². The predicted molar refractivity (Wildman–Crippen MR) is 103 cm³/mol. The number of aromatic nitrogens is 1. The Labute approximate surface area is 159 Å². The van der Waals surface area contributed by atoms with Crippen molar-refractivity contribution in [2.75, 3.05) is 13.1 Å². The maximum Gasteiger partial charge on any atom is 0.253 e. The number of pyridine rings is 1. The van der Waals surface area contributed by atoms with Crippen LogP contribution in [0.1, 0.15) is 53.1 Å². The van der Waals surface area contributed by atoms with Crippen molar-refractivity contribution >= 4 is 11.8 Å². The fourth-order valence-electron chi connectivity index (χ4n) is 3.86. The minimum absolute atomic E-state index is 0.0346. The SMILES string of the molecule is O=C(NCc1cccc(C(=O)N2CCCCC2)c1)[C@H]1C[C@H]1c1cccnc1. The van der Waals surface area contributed by atoms with Crippen LogP contribution in [-0.4, -0.2) is 34.8 Å². The van der Waals surface area contributed by atoms with Crippen LogP contribution >= 0.6 is 0 Å². The van der Waals surface area contributed by atoms with Gasteiger partial charge in [0.25, 0.3) is 5.91 Å². The summed E-state index contributed by atoms with van der Waals surface area (Å²) in [5.41, 5.74) is 2.81. The summed E-state index contributed by atoms with van der Waals surface area (Å²) in [6.45, 7) is 2.14. The number of likely N-dealkylation sites (tertiary alicyclic amines) is 1. The van der Waals surface area contributed by atoms with Gasteiger partial charge in [-0.1, -0.05) is 18.2 Å². The molecule has 2 amide bonds. The van der Waals surface area contributed by atoms with Crippen molar-refractivity contribution < 1.29 is 9.59 Å². The van der Waals surface area contributed by atoms with Gasteiger partial charge in [-0.2, -0.15) is 0 Å². The first-order valence-electron chi connectivity index (χ1n) is 9.78. The number of amides is 2. The minimum atomic E-state index is 0.0346. The van der Waals surface area contributed by atoms with Crippen LogP contribution in [-0.2, 0) is 11.3 Å². The molecule has 1 aliphatic carbocycles. The lowest BCUT2D eigenvalue weighted by Crippen LogP contribution is -2.35. The first-order chi connectivity index (χ1) is 13.2. The second-order valence-electron chi connectivity index (χ2n) is 7.51. The van der Waals surface area contributed by atoms with E-state index < -0.39 is 0 Å². The number of rotatable bonds is 5. The van der Waals surface area contributed by atoms with Gasteiger partial charge in [0.15, 0.2) is 0 Å². The van der Waals surface area contributed by atoms with E-state index in [1.807, 2.05) is 47.5 Å². The van der Waals surface area contributed by atoms with E-state index in [0.717, 1.165) is 43.5 Å². The number of nitrogens with zero attached hydrogens (tertiary/aromatic N) is 2.